The highest BCUT2D eigenvalue weighted by atomic mass is 16.1. The number of carbonyl (C=O) groups is 1. The molecule has 0 atom stereocenters. The van der Waals surface area contributed by atoms with E-state index in [0.29, 0.717) is 12.1 Å². The first-order valence-corrected chi connectivity index (χ1v) is 4.83. The maximum Gasteiger partial charge on any atom is 0.181 e. The van der Waals surface area contributed by atoms with E-state index in [2.05, 4.69) is 25.8 Å². The van der Waals surface area contributed by atoms with Crippen LogP contribution >= 0.6 is 0 Å². The highest BCUT2D eigenvalue weighted by Crippen LogP contribution is 2.21. The summed E-state index contributed by atoms with van der Waals surface area (Å²) < 4.78 is 1.84. The lowest BCUT2D eigenvalue weighted by Crippen LogP contribution is -2.15. The molecule has 0 unspecified atom stereocenters. The van der Waals surface area contributed by atoms with E-state index in [9.17, 15) is 4.79 Å². The van der Waals surface area contributed by atoms with Crippen LogP contribution in [0.1, 0.15) is 43.5 Å². The van der Waals surface area contributed by atoms with Crippen molar-refractivity contribution in [3.05, 3.63) is 17.7 Å². The Morgan fingerprint density at radius 2 is 2.07 bits per heavy atom. The van der Waals surface area contributed by atoms with Gasteiger partial charge in [-0.2, -0.15) is 0 Å². The molecule has 0 amide bonds. The summed E-state index contributed by atoms with van der Waals surface area (Å²) in [6, 6.07) is 0. The molecule has 14 heavy (non-hydrogen) atoms. The fraction of sp³-hybridized carbons (Fsp3) is 0.636. The molecule has 1 aromatic heterocycles. The third-order valence-corrected chi connectivity index (χ3v) is 2.20. The van der Waals surface area contributed by atoms with Crippen molar-refractivity contribution in [1.29, 1.82) is 0 Å². The van der Waals surface area contributed by atoms with E-state index in [4.69, 9.17) is 0 Å². The Hall–Kier alpha value is -1.12. The largest absolute Gasteiger partial charge is 0.329 e. The summed E-state index contributed by atoms with van der Waals surface area (Å²) >= 11 is 0. The minimum Gasteiger partial charge on any atom is -0.329 e. The molecule has 0 bridgehead atoms. The number of rotatable bonds is 2. The monoisotopic (exact) mass is 194 g/mol. The molecule has 0 aliphatic carbocycles. The number of Topliss-reactive ketones (excluding diaryl/α,β-unsaturated/α-hetero) is 1. The molecular formula is C11H18N2O. The van der Waals surface area contributed by atoms with E-state index in [0.717, 1.165) is 5.82 Å². The van der Waals surface area contributed by atoms with E-state index < -0.39 is 0 Å². The second kappa shape index (κ2) is 3.56. The Balaban J connectivity index is 2.86. The quantitative estimate of drug-likeness (QED) is 0.677. The van der Waals surface area contributed by atoms with Crippen LogP contribution < -0.4 is 0 Å². The summed E-state index contributed by atoms with van der Waals surface area (Å²) in [5, 5.41) is 0. The number of nitrogens with zero attached hydrogens (tertiary/aromatic N) is 2. The summed E-state index contributed by atoms with van der Waals surface area (Å²) in [5.41, 5.74) is 0.743. The molecule has 78 valence electrons. The highest BCUT2D eigenvalue weighted by molar-refractivity contribution is 5.94. The second-order valence-electron chi connectivity index (χ2n) is 4.91. The van der Waals surface area contributed by atoms with Crippen LogP contribution in [0.15, 0.2) is 6.20 Å². The van der Waals surface area contributed by atoms with Gasteiger partial charge in [0.25, 0.3) is 0 Å². The summed E-state index contributed by atoms with van der Waals surface area (Å²) in [6.07, 6.45) is 2.22. The van der Waals surface area contributed by atoms with Crippen molar-refractivity contribution in [1.82, 2.24) is 9.55 Å². The van der Waals surface area contributed by atoms with E-state index >= 15 is 0 Å². The summed E-state index contributed by atoms with van der Waals surface area (Å²) in [5.74, 6) is 1.04. The Labute approximate surface area is 85.2 Å². The topological polar surface area (TPSA) is 34.9 Å². The average Bonchev–Trinajstić information content (AvgIpc) is 2.29. The number of carbonyl (C=O) groups excluding carboxylic acids is 1. The molecule has 0 N–H and O–H groups in total. The maximum absolute atomic E-state index is 11.8. The Morgan fingerprint density at radius 1 is 1.50 bits per heavy atom. The van der Waals surface area contributed by atoms with Crippen molar-refractivity contribution in [2.75, 3.05) is 0 Å². The first-order valence-electron chi connectivity index (χ1n) is 4.83. The smallest absolute Gasteiger partial charge is 0.181 e. The van der Waals surface area contributed by atoms with E-state index in [1.54, 1.807) is 6.20 Å². The number of hydrogen-bond acceptors (Lipinski definition) is 2. The van der Waals surface area contributed by atoms with E-state index in [1.807, 2.05) is 18.5 Å². The van der Waals surface area contributed by atoms with Gasteiger partial charge in [-0.05, 0) is 12.3 Å². The molecule has 3 nitrogen and oxygen atoms in total. The summed E-state index contributed by atoms with van der Waals surface area (Å²) in [6.45, 7) is 8.09. The molecule has 1 heterocycles. The zero-order chi connectivity index (χ0) is 10.9. The third-order valence-electron chi connectivity index (χ3n) is 2.20. The minimum atomic E-state index is 0.0370. The van der Waals surface area contributed by atoms with Gasteiger partial charge in [0, 0.05) is 13.5 Å². The Kier molecular flexibility index (Phi) is 2.79. The molecule has 1 rings (SSSR count). The van der Waals surface area contributed by atoms with Crippen molar-refractivity contribution in [2.24, 2.45) is 12.5 Å². The van der Waals surface area contributed by atoms with Crippen molar-refractivity contribution < 1.29 is 4.79 Å². The van der Waals surface area contributed by atoms with Gasteiger partial charge in [0.05, 0.1) is 6.20 Å². The van der Waals surface area contributed by atoms with Gasteiger partial charge in [-0.3, -0.25) is 4.79 Å². The molecule has 0 aliphatic rings. The van der Waals surface area contributed by atoms with Crippen molar-refractivity contribution >= 4 is 5.78 Å². The van der Waals surface area contributed by atoms with Crippen LogP contribution in [0.5, 0.6) is 0 Å². The van der Waals surface area contributed by atoms with Gasteiger partial charge in [-0.1, -0.05) is 20.8 Å². The van der Waals surface area contributed by atoms with Gasteiger partial charge >= 0.3 is 0 Å². The molecule has 0 radical (unpaired) electrons. The maximum atomic E-state index is 11.8. The van der Waals surface area contributed by atoms with Crippen LogP contribution in [0.3, 0.4) is 0 Å². The first-order chi connectivity index (χ1) is 6.31. The standard InChI is InChI=1S/C11H18N2O/c1-8-12-7-9(13(8)5)10(14)6-11(2,3)4/h7H,6H2,1-5H3. The van der Waals surface area contributed by atoms with Gasteiger partial charge < -0.3 is 4.57 Å². The number of ketones is 1. The van der Waals surface area contributed by atoms with E-state index in [-0.39, 0.29) is 11.2 Å². The lowest BCUT2D eigenvalue weighted by molar-refractivity contribution is 0.0931. The zero-order valence-electron chi connectivity index (χ0n) is 9.59. The average molecular weight is 194 g/mol. The fourth-order valence-electron chi connectivity index (χ4n) is 1.33. The summed E-state index contributed by atoms with van der Waals surface area (Å²) in [4.78, 5) is 15.9. The molecule has 0 spiro atoms. The molecule has 0 aliphatic heterocycles. The first kappa shape index (κ1) is 11.0. The lowest BCUT2D eigenvalue weighted by Gasteiger charge is -2.16. The van der Waals surface area contributed by atoms with Crippen LogP contribution in [0.4, 0.5) is 0 Å². The summed E-state index contributed by atoms with van der Waals surface area (Å²) in [7, 11) is 1.87. The van der Waals surface area contributed by atoms with Gasteiger partial charge in [-0.25, -0.2) is 4.98 Å². The number of imidazole rings is 1. The fourth-order valence-corrected chi connectivity index (χ4v) is 1.33. The van der Waals surface area contributed by atoms with Crippen LogP contribution in [0, 0.1) is 12.3 Å². The van der Waals surface area contributed by atoms with Crippen molar-refractivity contribution in [3.63, 3.8) is 0 Å². The van der Waals surface area contributed by atoms with Gasteiger partial charge in [0.1, 0.15) is 11.5 Å². The SMILES string of the molecule is Cc1ncc(C(=O)CC(C)(C)C)n1C. The van der Waals surface area contributed by atoms with Crippen LogP contribution in [-0.2, 0) is 7.05 Å². The van der Waals surface area contributed by atoms with Crippen LogP contribution in [0.2, 0.25) is 0 Å². The van der Waals surface area contributed by atoms with E-state index in [1.165, 1.54) is 0 Å². The molecule has 0 saturated carbocycles. The molecule has 3 heteroatoms. The molecule has 1 aromatic rings. The van der Waals surface area contributed by atoms with Crippen molar-refractivity contribution in [2.45, 2.75) is 34.1 Å². The third kappa shape index (κ3) is 2.44. The zero-order valence-corrected chi connectivity index (χ0v) is 9.59. The minimum absolute atomic E-state index is 0.0370. The predicted octanol–water partition coefficient (Wildman–Crippen LogP) is 2.35. The second-order valence-corrected chi connectivity index (χ2v) is 4.91. The van der Waals surface area contributed by atoms with Crippen LogP contribution in [0.25, 0.3) is 0 Å². The normalized spacial score (nSPS) is 11.8. The Morgan fingerprint density at radius 3 is 2.43 bits per heavy atom. The lowest BCUT2D eigenvalue weighted by atomic mass is 9.89. The number of aryl methyl sites for hydroxylation is 1. The highest BCUT2D eigenvalue weighted by Gasteiger charge is 2.19. The molecule has 0 aromatic carbocycles. The number of hydrogen-bond donors (Lipinski definition) is 0. The van der Waals surface area contributed by atoms with Crippen molar-refractivity contribution in [3.8, 4) is 0 Å². The van der Waals surface area contributed by atoms with Gasteiger partial charge in [-0.15, -0.1) is 0 Å². The van der Waals surface area contributed by atoms with Gasteiger partial charge in [0.15, 0.2) is 5.78 Å². The number of aromatic nitrogens is 2. The van der Waals surface area contributed by atoms with Crippen LogP contribution in [-0.4, -0.2) is 15.3 Å². The predicted molar refractivity (Wildman–Crippen MR) is 56.3 cm³/mol. The molecule has 0 saturated heterocycles. The Bertz CT molecular complexity index is 345. The molecule has 0 fully saturated rings. The van der Waals surface area contributed by atoms with Gasteiger partial charge in [0.2, 0.25) is 0 Å². The molecular weight excluding hydrogens is 176 g/mol.